The number of amides is 1. The van der Waals surface area contributed by atoms with Gasteiger partial charge in [-0.1, -0.05) is 12.1 Å². The molecule has 0 spiro atoms. The summed E-state index contributed by atoms with van der Waals surface area (Å²) >= 11 is 0. The summed E-state index contributed by atoms with van der Waals surface area (Å²) in [4.78, 5) is 11.9. The van der Waals surface area contributed by atoms with E-state index >= 15 is 0 Å². The van der Waals surface area contributed by atoms with E-state index in [-0.39, 0.29) is 12.3 Å². The Balaban J connectivity index is 2.52. The fourth-order valence-corrected chi connectivity index (χ4v) is 3.09. The van der Waals surface area contributed by atoms with E-state index in [1.54, 1.807) is 0 Å². The molecule has 9 heteroatoms. The van der Waals surface area contributed by atoms with Gasteiger partial charge in [0.2, 0.25) is 5.91 Å². The third kappa shape index (κ3) is 6.03. The van der Waals surface area contributed by atoms with E-state index in [0.717, 1.165) is 0 Å². The van der Waals surface area contributed by atoms with Crippen LogP contribution in [-0.2, 0) is 21.1 Å². The van der Waals surface area contributed by atoms with Gasteiger partial charge in [-0.05, 0) is 44.9 Å². The number of sulfone groups is 1. The average molecular weight is 367 g/mol. The average Bonchev–Trinajstić information content (AvgIpc) is 2.46. The third-order valence-corrected chi connectivity index (χ3v) is 5.90. The standard InChI is InChI=1S/C15H20F3NO4S/c1-10(2)24(21,22)11(3)14(20)19-9-8-12-4-6-13(7-5-12)23-15(16,17)18/h4-7,10-11H,8-9H2,1-3H3,(H,19,20)/t11-/m1/s1. The van der Waals surface area contributed by atoms with Crippen molar-refractivity contribution in [1.29, 1.82) is 0 Å². The molecule has 24 heavy (non-hydrogen) atoms. The first kappa shape index (κ1) is 20.3. The van der Waals surface area contributed by atoms with Crippen LogP contribution in [0.5, 0.6) is 5.75 Å². The van der Waals surface area contributed by atoms with E-state index in [0.29, 0.717) is 12.0 Å². The molecular weight excluding hydrogens is 347 g/mol. The van der Waals surface area contributed by atoms with Gasteiger partial charge in [0.05, 0.1) is 5.25 Å². The van der Waals surface area contributed by atoms with E-state index in [1.807, 2.05) is 0 Å². The molecule has 1 amide bonds. The number of hydrogen-bond acceptors (Lipinski definition) is 4. The molecule has 1 aromatic rings. The summed E-state index contributed by atoms with van der Waals surface area (Å²) in [6.45, 7) is 4.51. The van der Waals surface area contributed by atoms with Gasteiger partial charge >= 0.3 is 6.36 Å². The first-order valence-electron chi connectivity index (χ1n) is 7.28. The molecule has 0 heterocycles. The molecule has 1 N–H and O–H groups in total. The van der Waals surface area contributed by atoms with Crippen LogP contribution in [0.4, 0.5) is 13.2 Å². The minimum atomic E-state index is -4.74. The van der Waals surface area contributed by atoms with Crippen LogP contribution in [0, 0.1) is 0 Å². The van der Waals surface area contributed by atoms with Crippen molar-refractivity contribution in [3.63, 3.8) is 0 Å². The van der Waals surface area contributed by atoms with Crippen LogP contribution in [0.15, 0.2) is 24.3 Å². The van der Waals surface area contributed by atoms with Crippen molar-refractivity contribution in [2.24, 2.45) is 0 Å². The Kier molecular flexibility index (Phi) is 6.65. The normalized spacial score (nSPS) is 13.6. The van der Waals surface area contributed by atoms with Gasteiger partial charge in [0.15, 0.2) is 9.84 Å². The maximum absolute atomic E-state index is 12.0. The van der Waals surface area contributed by atoms with Crippen molar-refractivity contribution < 1.29 is 31.1 Å². The molecule has 0 saturated carbocycles. The van der Waals surface area contributed by atoms with Crippen molar-refractivity contribution in [2.45, 2.75) is 44.1 Å². The summed E-state index contributed by atoms with van der Waals surface area (Å²) in [5.74, 6) is -0.923. The molecule has 0 aliphatic heterocycles. The molecule has 0 bridgehead atoms. The van der Waals surface area contributed by atoms with Gasteiger partial charge in [-0.3, -0.25) is 4.79 Å². The Bertz CT molecular complexity index is 654. The molecule has 1 rings (SSSR count). The van der Waals surface area contributed by atoms with Gasteiger partial charge in [0.25, 0.3) is 0 Å². The zero-order valence-corrected chi connectivity index (χ0v) is 14.4. The summed E-state index contributed by atoms with van der Waals surface area (Å²) in [6.07, 6.45) is -4.39. The van der Waals surface area contributed by atoms with E-state index in [9.17, 15) is 26.4 Å². The maximum Gasteiger partial charge on any atom is 0.573 e. The highest BCUT2D eigenvalue weighted by Crippen LogP contribution is 2.22. The van der Waals surface area contributed by atoms with Crippen molar-refractivity contribution in [3.8, 4) is 5.75 Å². The highest BCUT2D eigenvalue weighted by molar-refractivity contribution is 7.93. The molecule has 0 aromatic heterocycles. The second-order valence-electron chi connectivity index (χ2n) is 5.51. The van der Waals surface area contributed by atoms with Gasteiger partial charge in [-0.15, -0.1) is 13.2 Å². The summed E-state index contributed by atoms with van der Waals surface area (Å²) in [5.41, 5.74) is 0.684. The molecular formula is C15H20F3NO4S. The fourth-order valence-electron chi connectivity index (χ4n) is 1.89. The summed E-state index contributed by atoms with van der Waals surface area (Å²) in [5, 5.41) is 0.709. The lowest BCUT2D eigenvalue weighted by Gasteiger charge is -2.15. The third-order valence-electron chi connectivity index (χ3n) is 3.39. The van der Waals surface area contributed by atoms with Crippen LogP contribution in [0.3, 0.4) is 0 Å². The Morgan fingerprint density at radius 2 is 1.71 bits per heavy atom. The number of halogens is 3. The molecule has 0 saturated heterocycles. The number of carbonyl (C=O) groups excluding carboxylic acids is 1. The number of hydrogen-bond donors (Lipinski definition) is 1. The lowest BCUT2D eigenvalue weighted by Crippen LogP contribution is -2.41. The molecule has 136 valence electrons. The minimum absolute atomic E-state index is 0.177. The maximum atomic E-state index is 12.0. The monoisotopic (exact) mass is 367 g/mol. The van der Waals surface area contributed by atoms with Gasteiger partial charge in [-0.2, -0.15) is 0 Å². The molecule has 0 fully saturated rings. The van der Waals surface area contributed by atoms with Crippen molar-refractivity contribution >= 4 is 15.7 Å². The SMILES string of the molecule is CC(C)S(=O)(=O)[C@H](C)C(=O)NCCc1ccc(OC(F)(F)F)cc1. The molecule has 0 aliphatic carbocycles. The molecule has 1 aromatic carbocycles. The van der Waals surface area contributed by atoms with Gasteiger partial charge < -0.3 is 10.1 Å². The Hall–Kier alpha value is -1.77. The van der Waals surface area contributed by atoms with E-state index in [4.69, 9.17) is 0 Å². The molecule has 0 radical (unpaired) electrons. The fraction of sp³-hybridized carbons (Fsp3) is 0.533. The number of rotatable bonds is 7. The summed E-state index contributed by atoms with van der Waals surface area (Å²) in [6, 6.07) is 5.25. The van der Waals surface area contributed by atoms with E-state index in [1.165, 1.54) is 45.0 Å². The van der Waals surface area contributed by atoms with Crippen LogP contribution in [0.2, 0.25) is 0 Å². The highest BCUT2D eigenvalue weighted by Gasteiger charge is 2.31. The number of benzene rings is 1. The second kappa shape index (κ2) is 7.87. The quantitative estimate of drug-likeness (QED) is 0.804. The second-order valence-corrected chi connectivity index (χ2v) is 8.34. The number of nitrogens with one attached hydrogen (secondary N) is 1. The Labute approximate surface area is 139 Å². The van der Waals surface area contributed by atoms with Crippen LogP contribution >= 0.6 is 0 Å². The van der Waals surface area contributed by atoms with Crippen molar-refractivity contribution in [3.05, 3.63) is 29.8 Å². The lowest BCUT2D eigenvalue weighted by molar-refractivity contribution is -0.274. The van der Waals surface area contributed by atoms with E-state index in [2.05, 4.69) is 10.1 Å². The summed E-state index contributed by atoms with van der Waals surface area (Å²) < 4.78 is 63.7. The molecule has 1 atom stereocenters. The zero-order valence-electron chi connectivity index (χ0n) is 13.6. The molecule has 0 aliphatic rings. The predicted octanol–water partition coefficient (Wildman–Crippen LogP) is 2.46. The minimum Gasteiger partial charge on any atom is -0.406 e. The number of carbonyl (C=O) groups is 1. The first-order valence-corrected chi connectivity index (χ1v) is 8.89. The topological polar surface area (TPSA) is 72.5 Å². The smallest absolute Gasteiger partial charge is 0.406 e. The van der Waals surface area contributed by atoms with Crippen LogP contribution in [0.1, 0.15) is 26.3 Å². The largest absolute Gasteiger partial charge is 0.573 e. The zero-order chi connectivity index (χ0) is 18.5. The van der Waals surface area contributed by atoms with Gasteiger partial charge in [0, 0.05) is 6.54 Å². The molecule has 0 unspecified atom stereocenters. The Morgan fingerprint density at radius 1 is 1.17 bits per heavy atom. The highest BCUT2D eigenvalue weighted by atomic mass is 32.2. The van der Waals surface area contributed by atoms with Crippen molar-refractivity contribution in [2.75, 3.05) is 6.54 Å². The van der Waals surface area contributed by atoms with Crippen LogP contribution in [0.25, 0.3) is 0 Å². The van der Waals surface area contributed by atoms with Gasteiger partial charge in [-0.25, -0.2) is 8.42 Å². The first-order chi connectivity index (χ1) is 10.9. The number of alkyl halides is 3. The predicted molar refractivity (Wildman–Crippen MR) is 83.4 cm³/mol. The van der Waals surface area contributed by atoms with Crippen LogP contribution in [-0.4, -0.2) is 37.7 Å². The molecule has 5 nitrogen and oxygen atoms in total. The summed E-state index contributed by atoms with van der Waals surface area (Å²) in [7, 11) is -3.53. The number of ether oxygens (including phenoxy) is 1. The van der Waals surface area contributed by atoms with E-state index < -0.39 is 32.6 Å². The van der Waals surface area contributed by atoms with Gasteiger partial charge in [0.1, 0.15) is 11.0 Å². The van der Waals surface area contributed by atoms with Crippen LogP contribution < -0.4 is 10.1 Å². The Morgan fingerprint density at radius 3 is 2.17 bits per heavy atom. The lowest BCUT2D eigenvalue weighted by atomic mass is 10.1. The van der Waals surface area contributed by atoms with Crippen molar-refractivity contribution in [1.82, 2.24) is 5.32 Å².